The molecule has 0 radical (unpaired) electrons. The van der Waals surface area contributed by atoms with Gasteiger partial charge in [-0.05, 0) is 29.8 Å². The van der Waals surface area contributed by atoms with Crippen molar-refractivity contribution >= 4 is 0 Å². The molecular formula is C31H21N5. The average molecular weight is 464 g/mol. The SMILES string of the molecule is c1ccc(-c2nc(-c3ccccc3)nc(-c3cccc(-c4ccc(-c5ccncc5)cn4)c3)n2)cc1. The predicted octanol–water partition coefficient (Wildman–Crippen LogP) is 7.00. The first-order chi connectivity index (χ1) is 17.8. The van der Waals surface area contributed by atoms with Crippen molar-refractivity contribution in [2.45, 2.75) is 0 Å². The third kappa shape index (κ3) is 4.50. The molecule has 3 aromatic carbocycles. The average Bonchev–Trinajstić information content (AvgIpc) is 2.98. The maximum atomic E-state index is 4.84. The van der Waals surface area contributed by atoms with Crippen LogP contribution in [0.1, 0.15) is 0 Å². The van der Waals surface area contributed by atoms with Gasteiger partial charge >= 0.3 is 0 Å². The fourth-order valence-corrected chi connectivity index (χ4v) is 4.04. The van der Waals surface area contributed by atoms with Crippen LogP contribution in [0.3, 0.4) is 0 Å². The lowest BCUT2D eigenvalue weighted by molar-refractivity contribution is 1.07. The first-order valence-corrected chi connectivity index (χ1v) is 11.7. The van der Waals surface area contributed by atoms with Gasteiger partial charge in [0, 0.05) is 46.4 Å². The van der Waals surface area contributed by atoms with Crippen molar-refractivity contribution < 1.29 is 0 Å². The molecule has 0 aliphatic carbocycles. The minimum absolute atomic E-state index is 0.623. The number of pyridine rings is 2. The topological polar surface area (TPSA) is 64.5 Å². The van der Waals surface area contributed by atoms with Gasteiger partial charge in [0.2, 0.25) is 0 Å². The number of rotatable bonds is 5. The van der Waals surface area contributed by atoms with Gasteiger partial charge in [0.25, 0.3) is 0 Å². The number of hydrogen-bond donors (Lipinski definition) is 0. The Balaban J connectivity index is 1.41. The lowest BCUT2D eigenvalue weighted by Crippen LogP contribution is -2.00. The van der Waals surface area contributed by atoms with Crippen LogP contribution in [0.5, 0.6) is 0 Å². The fraction of sp³-hybridized carbons (Fsp3) is 0. The Morgan fingerprint density at radius 1 is 0.389 bits per heavy atom. The van der Waals surface area contributed by atoms with E-state index in [1.54, 1.807) is 12.4 Å². The predicted molar refractivity (Wildman–Crippen MR) is 143 cm³/mol. The van der Waals surface area contributed by atoms with E-state index in [0.717, 1.165) is 39.1 Å². The second kappa shape index (κ2) is 9.68. The van der Waals surface area contributed by atoms with Gasteiger partial charge in [-0.3, -0.25) is 9.97 Å². The van der Waals surface area contributed by atoms with Crippen molar-refractivity contribution in [1.29, 1.82) is 0 Å². The van der Waals surface area contributed by atoms with Crippen LogP contribution in [0.4, 0.5) is 0 Å². The van der Waals surface area contributed by atoms with E-state index in [-0.39, 0.29) is 0 Å². The Hall–Kier alpha value is -5.03. The summed E-state index contributed by atoms with van der Waals surface area (Å²) in [6.07, 6.45) is 5.46. The van der Waals surface area contributed by atoms with Crippen LogP contribution < -0.4 is 0 Å². The Morgan fingerprint density at radius 3 is 1.53 bits per heavy atom. The summed E-state index contributed by atoms with van der Waals surface area (Å²) < 4.78 is 0. The highest BCUT2D eigenvalue weighted by Gasteiger charge is 2.13. The molecule has 0 aliphatic heterocycles. The van der Waals surface area contributed by atoms with E-state index in [2.05, 4.69) is 23.2 Å². The molecule has 0 bridgehead atoms. The van der Waals surface area contributed by atoms with Crippen LogP contribution in [-0.4, -0.2) is 24.9 Å². The van der Waals surface area contributed by atoms with E-state index in [9.17, 15) is 0 Å². The molecule has 6 aromatic rings. The Kier molecular flexibility index (Phi) is 5.78. The third-order valence-electron chi connectivity index (χ3n) is 5.89. The van der Waals surface area contributed by atoms with E-state index in [4.69, 9.17) is 19.9 Å². The van der Waals surface area contributed by atoms with Crippen LogP contribution >= 0.6 is 0 Å². The fourth-order valence-electron chi connectivity index (χ4n) is 4.04. The van der Waals surface area contributed by atoms with Gasteiger partial charge in [-0.1, -0.05) is 84.9 Å². The zero-order valence-corrected chi connectivity index (χ0v) is 19.4. The maximum Gasteiger partial charge on any atom is 0.164 e. The summed E-state index contributed by atoms with van der Waals surface area (Å²) in [6.45, 7) is 0. The standard InChI is InChI=1S/C31H21N5/c1-3-8-23(9-4-1)29-34-30(24-10-5-2-6-11-24)36-31(35-29)26-13-7-12-25(20-26)28-15-14-27(21-33-28)22-16-18-32-19-17-22/h1-21H. The number of hydrogen-bond acceptors (Lipinski definition) is 5. The van der Waals surface area contributed by atoms with Crippen molar-refractivity contribution in [3.8, 4) is 56.5 Å². The van der Waals surface area contributed by atoms with Gasteiger partial charge in [0.15, 0.2) is 17.5 Å². The minimum Gasteiger partial charge on any atom is -0.265 e. The summed E-state index contributed by atoms with van der Waals surface area (Å²) in [5, 5.41) is 0. The van der Waals surface area contributed by atoms with Crippen LogP contribution in [0, 0.1) is 0 Å². The normalized spacial score (nSPS) is 10.8. The summed E-state index contributed by atoms with van der Waals surface area (Å²) in [6, 6.07) is 36.2. The molecule has 0 spiro atoms. The second-order valence-corrected chi connectivity index (χ2v) is 8.29. The lowest BCUT2D eigenvalue weighted by Gasteiger charge is -2.09. The van der Waals surface area contributed by atoms with E-state index >= 15 is 0 Å². The summed E-state index contributed by atoms with van der Waals surface area (Å²) in [7, 11) is 0. The van der Waals surface area contributed by atoms with Crippen molar-refractivity contribution in [2.24, 2.45) is 0 Å². The molecule has 36 heavy (non-hydrogen) atoms. The number of benzene rings is 3. The van der Waals surface area contributed by atoms with Gasteiger partial charge in [-0.15, -0.1) is 0 Å². The zero-order valence-electron chi connectivity index (χ0n) is 19.4. The molecule has 0 fully saturated rings. The van der Waals surface area contributed by atoms with Crippen LogP contribution in [-0.2, 0) is 0 Å². The molecule has 0 amide bonds. The largest absolute Gasteiger partial charge is 0.265 e. The molecule has 0 saturated carbocycles. The molecule has 0 unspecified atom stereocenters. The highest BCUT2D eigenvalue weighted by Crippen LogP contribution is 2.28. The Labute approximate surface area is 209 Å². The van der Waals surface area contributed by atoms with Crippen LogP contribution in [0.15, 0.2) is 128 Å². The zero-order chi connectivity index (χ0) is 24.2. The van der Waals surface area contributed by atoms with Gasteiger partial charge in [0.05, 0.1) is 5.69 Å². The van der Waals surface area contributed by atoms with Crippen molar-refractivity contribution in [3.05, 3.63) is 128 Å². The smallest absolute Gasteiger partial charge is 0.164 e. The molecule has 6 rings (SSSR count). The first-order valence-electron chi connectivity index (χ1n) is 11.7. The molecule has 170 valence electrons. The number of nitrogens with zero attached hydrogens (tertiary/aromatic N) is 5. The molecule has 5 heteroatoms. The minimum atomic E-state index is 0.623. The van der Waals surface area contributed by atoms with E-state index in [0.29, 0.717) is 17.5 Å². The van der Waals surface area contributed by atoms with E-state index in [1.165, 1.54) is 0 Å². The molecular weight excluding hydrogens is 442 g/mol. The highest BCUT2D eigenvalue weighted by molar-refractivity contribution is 5.72. The Bertz CT molecular complexity index is 1540. The summed E-state index contributed by atoms with van der Waals surface area (Å²) in [4.78, 5) is 23.3. The van der Waals surface area contributed by atoms with Crippen molar-refractivity contribution in [2.75, 3.05) is 0 Å². The molecule has 0 N–H and O–H groups in total. The van der Waals surface area contributed by atoms with Gasteiger partial charge < -0.3 is 0 Å². The highest BCUT2D eigenvalue weighted by atomic mass is 15.0. The van der Waals surface area contributed by atoms with Crippen LogP contribution in [0.25, 0.3) is 56.5 Å². The summed E-state index contributed by atoms with van der Waals surface area (Å²) >= 11 is 0. The van der Waals surface area contributed by atoms with Crippen molar-refractivity contribution in [3.63, 3.8) is 0 Å². The Morgan fingerprint density at radius 2 is 0.944 bits per heavy atom. The first kappa shape index (κ1) is 21.5. The van der Waals surface area contributed by atoms with Gasteiger partial charge in [0.1, 0.15) is 0 Å². The number of aromatic nitrogens is 5. The molecule has 5 nitrogen and oxygen atoms in total. The third-order valence-corrected chi connectivity index (χ3v) is 5.89. The molecule has 0 aliphatic rings. The summed E-state index contributed by atoms with van der Waals surface area (Å²) in [5.41, 5.74) is 6.82. The van der Waals surface area contributed by atoms with Crippen molar-refractivity contribution in [1.82, 2.24) is 24.9 Å². The van der Waals surface area contributed by atoms with E-state index in [1.807, 2.05) is 97.2 Å². The molecule has 0 atom stereocenters. The molecule has 3 aromatic heterocycles. The molecule has 3 heterocycles. The second-order valence-electron chi connectivity index (χ2n) is 8.29. The molecule has 0 saturated heterocycles. The quantitative estimate of drug-likeness (QED) is 0.275. The monoisotopic (exact) mass is 463 g/mol. The summed E-state index contributed by atoms with van der Waals surface area (Å²) in [5.74, 6) is 1.91. The lowest BCUT2D eigenvalue weighted by atomic mass is 10.0. The van der Waals surface area contributed by atoms with Gasteiger partial charge in [-0.25, -0.2) is 15.0 Å². The van der Waals surface area contributed by atoms with Gasteiger partial charge in [-0.2, -0.15) is 0 Å². The van der Waals surface area contributed by atoms with Crippen LogP contribution in [0.2, 0.25) is 0 Å². The maximum absolute atomic E-state index is 4.84. The van der Waals surface area contributed by atoms with E-state index < -0.39 is 0 Å².